The largest absolute Gasteiger partial charge is 0.455 e. The lowest BCUT2D eigenvalue weighted by Crippen LogP contribution is -1.93. The third-order valence-corrected chi connectivity index (χ3v) is 9.58. The van der Waals surface area contributed by atoms with Crippen LogP contribution in [0.1, 0.15) is 0 Å². The van der Waals surface area contributed by atoms with Gasteiger partial charge in [-0.3, -0.25) is 4.57 Å². The van der Waals surface area contributed by atoms with E-state index in [-0.39, 0.29) is 0 Å². The number of rotatable bonds is 2. The number of nitrogens with zero attached hydrogens (tertiary/aromatic N) is 2. The third-order valence-electron chi connectivity index (χ3n) is 8.45. The van der Waals surface area contributed by atoms with Gasteiger partial charge in [0.25, 0.3) is 0 Å². The number of furan rings is 1. The zero-order valence-electron chi connectivity index (χ0n) is 22.2. The molecule has 196 valence electrons. The molecule has 0 N–H and O–H groups in total. The Labute approximate surface area is 242 Å². The Morgan fingerprint density at radius 1 is 0.548 bits per heavy atom. The van der Waals surface area contributed by atoms with Gasteiger partial charge >= 0.3 is 6.01 Å². The molecule has 4 nitrogen and oxygen atoms in total. The fraction of sp³-hybridized carbons (Fsp3) is 0. The van der Waals surface area contributed by atoms with E-state index in [2.05, 4.69) is 89.5 Å². The molecule has 0 atom stereocenters. The van der Waals surface area contributed by atoms with Crippen LogP contribution in [0.2, 0.25) is 0 Å². The van der Waals surface area contributed by atoms with Crippen molar-refractivity contribution in [2.75, 3.05) is 0 Å². The number of oxazole rings is 1. The molecule has 4 heterocycles. The van der Waals surface area contributed by atoms with Crippen molar-refractivity contribution in [3.8, 4) is 17.1 Å². The molecule has 0 bridgehead atoms. The normalized spacial score (nSPS) is 12.3. The molecule has 10 rings (SSSR count). The molecule has 6 aromatic carbocycles. The Morgan fingerprint density at radius 2 is 1.31 bits per heavy atom. The minimum atomic E-state index is 0.548. The molecule has 10 aromatic rings. The smallest absolute Gasteiger partial charge is 0.307 e. The quantitative estimate of drug-likeness (QED) is 0.213. The lowest BCUT2D eigenvalue weighted by atomic mass is 10.0. The molecule has 0 spiro atoms. The summed E-state index contributed by atoms with van der Waals surface area (Å²) in [7, 11) is 0. The molecular weight excluding hydrogens is 536 g/mol. The van der Waals surface area contributed by atoms with Gasteiger partial charge in [-0.1, -0.05) is 84.9 Å². The SMILES string of the molecule is c1ccc(-c2cc3oc(-n4c5ccccc5c5c6c(ccc54)sc4ccccc46)nc3c3c2oc2ccccc23)cc1. The highest BCUT2D eigenvalue weighted by molar-refractivity contribution is 7.26. The van der Waals surface area contributed by atoms with Gasteiger partial charge in [0.05, 0.1) is 16.4 Å². The van der Waals surface area contributed by atoms with E-state index in [4.69, 9.17) is 13.8 Å². The zero-order chi connectivity index (χ0) is 27.4. The van der Waals surface area contributed by atoms with E-state index in [0.717, 1.165) is 55.2 Å². The molecule has 0 aliphatic heterocycles. The summed E-state index contributed by atoms with van der Waals surface area (Å²) in [6.07, 6.45) is 0. The molecule has 0 aliphatic carbocycles. The van der Waals surface area contributed by atoms with Crippen LogP contribution in [0.4, 0.5) is 0 Å². The van der Waals surface area contributed by atoms with Crippen LogP contribution in [-0.4, -0.2) is 9.55 Å². The van der Waals surface area contributed by atoms with Crippen LogP contribution in [-0.2, 0) is 0 Å². The molecule has 42 heavy (non-hydrogen) atoms. The maximum absolute atomic E-state index is 6.71. The van der Waals surface area contributed by atoms with Crippen LogP contribution in [0.5, 0.6) is 0 Å². The molecule has 0 unspecified atom stereocenters. The van der Waals surface area contributed by atoms with Crippen LogP contribution in [0.3, 0.4) is 0 Å². The van der Waals surface area contributed by atoms with E-state index in [1.807, 2.05) is 47.7 Å². The van der Waals surface area contributed by atoms with Gasteiger partial charge in [-0.25, -0.2) is 0 Å². The second-order valence-electron chi connectivity index (χ2n) is 10.7. The Kier molecular flexibility index (Phi) is 4.30. The van der Waals surface area contributed by atoms with Gasteiger partial charge in [-0.2, -0.15) is 4.98 Å². The molecule has 4 aromatic heterocycles. The zero-order valence-corrected chi connectivity index (χ0v) is 23.0. The van der Waals surface area contributed by atoms with Crippen molar-refractivity contribution in [1.29, 1.82) is 0 Å². The first-order valence-corrected chi connectivity index (χ1v) is 14.8. The number of fused-ring (bicyclic) bond motifs is 12. The average molecular weight is 557 g/mol. The highest BCUT2D eigenvalue weighted by atomic mass is 32.1. The highest BCUT2D eigenvalue weighted by Gasteiger charge is 2.23. The van der Waals surface area contributed by atoms with E-state index in [9.17, 15) is 0 Å². The topological polar surface area (TPSA) is 44.1 Å². The van der Waals surface area contributed by atoms with Crippen molar-refractivity contribution in [3.63, 3.8) is 0 Å². The summed E-state index contributed by atoms with van der Waals surface area (Å²) >= 11 is 1.84. The summed E-state index contributed by atoms with van der Waals surface area (Å²) in [5, 5.41) is 6.99. The van der Waals surface area contributed by atoms with Gasteiger partial charge in [-0.05, 0) is 42.0 Å². The summed E-state index contributed by atoms with van der Waals surface area (Å²) in [6.45, 7) is 0. The minimum Gasteiger partial charge on any atom is -0.455 e. The first-order chi connectivity index (χ1) is 20.8. The molecule has 0 saturated carbocycles. The lowest BCUT2D eigenvalue weighted by Gasteiger charge is -2.03. The van der Waals surface area contributed by atoms with Crippen LogP contribution in [0.25, 0.3) is 92.2 Å². The van der Waals surface area contributed by atoms with Crippen LogP contribution in [0.15, 0.2) is 130 Å². The van der Waals surface area contributed by atoms with Gasteiger partial charge in [0.2, 0.25) is 0 Å². The Morgan fingerprint density at radius 3 is 2.21 bits per heavy atom. The van der Waals surface area contributed by atoms with Crippen molar-refractivity contribution in [2.24, 2.45) is 0 Å². The molecule has 5 heteroatoms. The first-order valence-electron chi connectivity index (χ1n) is 14.0. The fourth-order valence-corrected chi connectivity index (χ4v) is 7.79. The van der Waals surface area contributed by atoms with E-state index in [1.54, 1.807) is 0 Å². The molecule has 0 aliphatic rings. The van der Waals surface area contributed by atoms with Crippen LogP contribution >= 0.6 is 11.3 Å². The number of aromatic nitrogens is 2. The summed E-state index contributed by atoms with van der Waals surface area (Å²) in [6, 6.07) is 42.8. The Hall–Kier alpha value is -5.39. The number of benzene rings is 6. The minimum absolute atomic E-state index is 0.548. The van der Waals surface area contributed by atoms with Crippen LogP contribution < -0.4 is 0 Å². The van der Waals surface area contributed by atoms with Crippen molar-refractivity contribution < 1.29 is 8.83 Å². The van der Waals surface area contributed by atoms with E-state index in [1.165, 1.54) is 30.9 Å². The Balaban J connectivity index is 1.35. The maximum atomic E-state index is 6.71. The summed E-state index contributed by atoms with van der Waals surface area (Å²) in [5.41, 5.74) is 7.41. The van der Waals surface area contributed by atoms with Crippen molar-refractivity contribution in [2.45, 2.75) is 0 Å². The van der Waals surface area contributed by atoms with Gasteiger partial charge in [0, 0.05) is 41.9 Å². The monoisotopic (exact) mass is 556 g/mol. The number of hydrogen-bond donors (Lipinski definition) is 0. The maximum Gasteiger partial charge on any atom is 0.307 e. The first kappa shape index (κ1) is 22.3. The number of hydrogen-bond acceptors (Lipinski definition) is 4. The standard InChI is InChI=1S/C37H20N2O2S/c1-2-10-21(11-3-1)25-20-29-35(34-23-13-5-8-16-28(23)40-36(25)34)38-37(41-29)39-26-15-7-4-12-22(26)32-27(39)18-19-31-33(32)24-14-6-9-17-30(24)42-31/h1-20H. The van der Waals surface area contributed by atoms with Gasteiger partial charge in [0.15, 0.2) is 5.58 Å². The molecular formula is C37H20N2O2S. The predicted molar refractivity (Wildman–Crippen MR) is 174 cm³/mol. The van der Waals surface area contributed by atoms with Crippen molar-refractivity contribution in [1.82, 2.24) is 9.55 Å². The fourth-order valence-electron chi connectivity index (χ4n) is 6.67. The van der Waals surface area contributed by atoms with E-state index < -0.39 is 0 Å². The predicted octanol–water partition coefficient (Wildman–Crippen LogP) is 10.9. The highest BCUT2D eigenvalue weighted by Crippen LogP contribution is 2.45. The molecule has 0 saturated heterocycles. The van der Waals surface area contributed by atoms with E-state index in [0.29, 0.717) is 6.01 Å². The van der Waals surface area contributed by atoms with Crippen molar-refractivity contribution >= 4 is 86.4 Å². The average Bonchev–Trinajstić information content (AvgIpc) is 3.80. The van der Waals surface area contributed by atoms with Gasteiger partial charge in [-0.15, -0.1) is 11.3 Å². The third kappa shape index (κ3) is 2.88. The second-order valence-corrected chi connectivity index (χ2v) is 11.8. The van der Waals surface area contributed by atoms with E-state index >= 15 is 0 Å². The number of thiophene rings is 1. The lowest BCUT2D eigenvalue weighted by molar-refractivity contribution is 0.574. The molecule has 0 amide bonds. The summed E-state index contributed by atoms with van der Waals surface area (Å²) in [4.78, 5) is 5.21. The Bertz CT molecular complexity index is 2690. The molecule has 0 fully saturated rings. The van der Waals surface area contributed by atoms with Gasteiger partial charge in [0.1, 0.15) is 16.7 Å². The molecule has 0 radical (unpaired) electrons. The number of para-hydroxylation sites is 2. The van der Waals surface area contributed by atoms with Gasteiger partial charge < -0.3 is 8.83 Å². The second kappa shape index (κ2) is 8.09. The summed E-state index contributed by atoms with van der Waals surface area (Å²) in [5.74, 6) is 0. The summed E-state index contributed by atoms with van der Waals surface area (Å²) < 4.78 is 17.9. The van der Waals surface area contributed by atoms with Crippen molar-refractivity contribution in [3.05, 3.63) is 121 Å². The van der Waals surface area contributed by atoms with Crippen LogP contribution in [0, 0.1) is 0 Å².